The van der Waals surface area contributed by atoms with Crippen molar-refractivity contribution in [3.05, 3.63) is 30.3 Å². The van der Waals surface area contributed by atoms with Crippen molar-refractivity contribution in [3.8, 4) is 0 Å². The molecule has 0 spiro atoms. The Morgan fingerprint density at radius 2 is 2.13 bits per heavy atom. The zero-order chi connectivity index (χ0) is 10.8. The van der Waals surface area contributed by atoms with E-state index in [2.05, 4.69) is 11.6 Å². The topological polar surface area (TPSA) is 17.8 Å². The van der Waals surface area contributed by atoms with Gasteiger partial charge in [0.1, 0.15) is 5.82 Å². The fraction of sp³-hybridized carbons (Fsp3) is 0.375. The average Bonchev–Trinajstić information content (AvgIpc) is 2.50. The first-order valence-corrected chi connectivity index (χ1v) is 4.32. The van der Waals surface area contributed by atoms with E-state index >= 15 is 0 Å². The van der Waals surface area contributed by atoms with Crippen LogP contribution in [0.5, 0.6) is 0 Å². The van der Waals surface area contributed by atoms with E-state index in [-0.39, 0.29) is 57.9 Å². The van der Waals surface area contributed by atoms with Crippen LogP contribution in [0.3, 0.4) is 0 Å². The molecule has 0 saturated heterocycles. The molecule has 0 aliphatic carbocycles. The predicted molar refractivity (Wildman–Crippen MR) is 49.8 cm³/mol. The molecule has 1 aromatic rings. The molecule has 0 radical (unpaired) electrons. The summed E-state index contributed by atoms with van der Waals surface area (Å²) < 4.78 is 38.1. The minimum absolute atomic E-state index is 0. The number of hydrogen-bond donors (Lipinski definition) is 0. The molecule has 0 unspecified atom stereocenters. The van der Waals surface area contributed by atoms with Gasteiger partial charge in [-0.3, -0.25) is 0 Å². The number of rotatable bonds is 4. The molecule has 0 fully saturated rings. The molecule has 0 aliphatic heterocycles. The van der Waals surface area contributed by atoms with Crippen LogP contribution in [0.25, 0.3) is 0 Å². The summed E-state index contributed by atoms with van der Waals surface area (Å²) in [6.07, 6.45) is 3.65. The summed E-state index contributed by atoms with van der Waals surface area (Å²) in [5.74, 6) is 0.645. The molecule has 1 rings (SSSR count). The summed E-state index contributed by atoms with van der Waals surface area (Å²) in [6, 6.07) is 0. The van der Waals surface area contributed by atoms with Gasteiger partial charge in [0.25, 0.3) is 0 Å². The molecule has 2 nitrogen and oxygen atoms in total. The minimum atomic E-state index is -4.94. The van der Waals surface area contributed by atoms with Gasteiger partial charge < -0.3 is 17.5 Å². The summed E-state index contributed by atoms with van der Waals surface area (Å²) in [5.41, 5.74) is -0.697. The van der Waals surface area contributed by atoms with Crippen LogP contribution in [0.15, 0.2) is 24.4 Å². The summed E-state index contributed by atoms with van der Waals surface area (Å²) in [7, 11) is 0. The van der Waals surface area contributed by atoms with Gasteiger partial charge in [-0.2, -0.15) is 0 Å². The number of allylic oxidation sites excluding steroid dienone is 1. The van der Waals surface area contributed by atoms with Crippen molar-refractivity contribution in [1.82, 2.24) is 9.55 Å². The Morgan fingerprint density at radius 3 is 2.60 bits per heavy atom. The second-order valence-corrected chi connectivity index (χ2v) is 3.06. The van der Waals surface area contributed by atoms with E-state index in [0.717, 1.165) is 0 Å². The van der Waals surface area contributed by atoms with Crippen LogP contribution in [0.1, 0.15) is 12.7 Å². The van der Waals surface area contributed by atoms with Gasteiger partial charge >= 0.3 is 58.4 Å². The molecule has 78 valence electrons. The average molecular weight is 242 g/mol. The minimum Gasteiger partial charge on any atom is -0.445 e. The molecule has 1 heterocycles. The maximum absolute atomic E-state index is 12.2. The summed E-state index contributed by atoms with van der Waals surface area (Å²) in [4.78, 5) is 3.93. The third kappa shape index (κ3) is 4.44. The molecule has 1 aromatic heterocycles. The normalized spacial score (nSPS) is 10.9. The molecule has 0 bridgehead atoms. The van der Waals surface area contributed by atoms with Crippen LogP contribution in [0.4, 0.5) is 12.9 Å². The number of aryl methyl sites for hydroxylation is 1. The second-order valence-electron chi connectivity index (χ2n) is 3.06. The van der Waals surface area contributed by atoms with Gasteiger partial charge in [-0.25, -0.2) is 4.98 Å². The number of halogens is 3. The van der Waals surface area contributed by atoms with Crippen LogP contribution in [0.2, 0.25) is 0 Å². The maximum atomic E-state index is 12.2. The van der Waals surface area contributed by atoms with Crippen molar-refractivity contribution in [1.29, 1.82) is 0 Å². The van der Waals surface area contributed by atoms with Crippen molar-refractivity contribution in [2.45, 2.75) is 19.9 Å². The molecule has 0 aromatic carbocycles. The van der Waals surface area contributed by atoms with E-state index in [9.17, 15) is 12.9 Å². The van der Waals surface area contributed by atoms with Gasteiger partial charge in [0.2, 0.25) is 0 Å². The molecule has 15 heavy (non-hydrogen) atoms. The van der Waals surface area contributed by atoms with Gasteiger partial charge in [-0.15, -0.1) is 12.1 Å². The first-order valence-electron chi connectivity index (χ1n) is 4.32. The third-order valence-corrected chi connectivity index (χ3v) is 1.95. The van der Waals surface area contributed by atoms with Crippen molar-refractivity contribution in [3.63, 3.8) is 0 Å². The Bertz CT molecular complexity index is 335. The summed E-state index contributed by atoms with van der Waals surface area (Å²) in [6.45, 7) is -0.279. The predicted octanol–water partition coefficient (Wildman–Crippen LogP) is -0.608. The Morgan fingerprint density at radius 1 is 1.53 bits per heavy atom. The Kier molecular flexibility index (Phi) is 6.43. The van der Waals surface area contributed by atoms with Gasteiger partial charge in [-0.1, -0.05) is 6.92 Å². The third-order valence-electron chi connectivity index (χ3n) is 1.95. The maximum Gasteiger partial charge on any atom is 1.00 e. The zero-order valence-corrected chi connectivity index (χ0v) is 12.0. The summed E-state index contributed by atoms with van der Waals surface area (Å²) in [5, 5.41) is 0. The van der Waals surface area contributed by atoms with Crippen LogP contribution in [-0.2, 0) is 13.0 Å². The molecule has 0 saturated carbocycles. The standard InChI is InChI=1S/C8H11BF3N2.K/c1-3-8-13-4-5-14(8)6-7(2)9(10,11)12;/h4-5H,2-3,6H2,1H3;/q-1;+1. The Hall–Kier alpha value is 0.441. The van der Waals surface area contributed by atoms with Crippen molar-refractivity contribution >= 4 is 6.98 Å². The fourth-order valence-electron chi connectivity index (χ4n) is 1.12. The van der Waals surface area contributed by atoms with Gasteiger partial charge in [0, 0.05) is 25.4 Å². The SMILES string of the molecule is C=C(Cn1ccnc1CC)[B-](F)(F)F.[K+]. The van der Waals surface area contributed by atoms with Crippen LogP contribution in [0, 0.1) is 0 Å². The Labute approximate surface area is 129 Å². The van der Waals surface area contributed by atoms with Gasteiger partial charge in [0.15, 0.2) is 0 Å². The first kappa shape index (κ1) is 15.4. The Balaban J connectivity index is 0.00000196. The van der Waals surface area contributed by atoms with E-state index < -0.39 is 12.4 Å². The number of aromatic nitrogens is 2. The van der Waals surface area contributed by atoms with Crippen molar-refractivity contribution in [2.75, 3.05) is 0 Å². The smallest absolute Gasteiger partial charge is 0.445 e. The van der Waals surface area contributed by atoms with Gasteiger partial charge in [-0.05, 0) is 0 Å². The number of hydrogen-bond acceptors (Lipinski definition) is 1. The summed E-state index contributed by atoms with van der Waals surface area (Å²) >= 11 is 0. The van der Waals surface area contributed by atoms with Crippen LogP contribution < -0.4 is 51.4 Å². The second kappa shape index (κ2) is 6.24. The van der Waals surface area contributed by atoms with E-state index in [1.165, 1.54) is 17.0 Å². The molecule has 0 atom stereocenters. The van der Waals surface area contributed by atoms with Crippen LogP contribution >= 0.6 is 0 Å². The molecule has 0 N–H and O–H groups in total. The first-order chi connectivity index (χ1) is 6.45. The zero-order valence-electron chi connectivity index (χ0n) is 8.88. The number of nitrogens with zero attached hydrogens (tertiary/aromatic N) is 2. The van der Waals surface area contributed by atoms with Crippen molar-refractivity contribution in [2.24, 2.45) is 0 Å². The monoisotopic (exact) mass is 242 g/mol. The van der Waals surface area contributed by atoms with Crippen LogP contribution in [-0.4, -0.2) is 16.5 Å². The molecular formula is C8H11BF3KN2. The molecular weight excluding hydrogens is 231 g/mol. The van der Waals surface area contributed by atoms with Gasteiger partial charge in [0.05, 0.1) is 0 Å². The molecule has 7 heteroatoms. The fourth-order valence-corrected chi connectivity index (χ4v) is 1.12. The van der Waals surface area contributed by atoms with E-state index in [4.69, 9.17) is 0 Å². The van der Waals surface area contributed by atoms with E-state index in [1.54, 1.807) is 0 Å². The van der Waals surface area contributed by atoms with Crippen molar-refractivity contribution < 1.29 is 64.3 Å². The molecule has 0 aliphatic rings. The number of imidazole rings is 1. The van der Waals surface area contributed by atoms with E-state index in [1.807, 2.05) is 6.92 Å². The quantitative estimate of drug-likeness (QED) is 0.644. The van der Waals surface area contributed by atoms with E-state index in [0.29, 0.717) is 12.2 Å². The molecule has 0 amide bonds. The largest absolute Gasteiger partial charge is 1.00 e.